The van der Waals surface area contributed by atoms with Gasteiger partial charge in [-0.05, 0) is 267 Å². The second-order valence-corrected chi connectivity index (χ2v) is 28.2. The molecular weight excluding hydrogens is 1450 g/mol. The van der Waals surface area contributed by atoms with Gasteiger partial charge in [0, 0.05) is 70.7 Å². The molecule has 115 heavy (non-hydrogen) atoms. The van der Waals surface area contributed by atoms with Gasteiger partial charge in [-0.25, -0.2) is 0 Å². The first-order valence-corrected chi connectivity index (χ1v) is 40.5. The number of likely N-dealkylation sites (tertiary alicyclic amines) is 3. The van der Waals surface area contributed by atoms with Crippen LogP contribution in [0.5, 0.6) is 46.0 Å². The lowest BCUT2D eigenvalue weighted by molar-refractivity contribution is 0.288. The van der Waals surface area contributed by atoms with Gasteiger partial charge in [0.1, 0.15) is 0 Å². The van der Waals surface area contributed by atoms with E-state index in [2.05, 4.69) is 140 Å². The average Bonchev–Trinajstić information content (AvgIpc) is 1.70. The molecule has 3 fully saturated rings. The lowest BCUT2D eigenvalue weighted by Gasteiger charge is -2.17. The summed E-state index contributed by atoms with van der Waals surface area (Å²) < 4.78 is 67.4. The zero-order valence-corrected chi connectivity index (χ0v) is 68.3. The zero-order chi connectivity index (χ0) is 80.3. The monoisotopic (exact) mass is 1560 g/mol. The van der Waals surface area contributed by atoms with Crippen molar-refractivity contribution in [3.63, 3.8) is 0 Å². The molecule has 3 aliphatic heterocycles. The second-order valence-electron chi connectivity index (χ2n) is 28.2. The lowest BCUT2D eigenvalue weighted by Crippen LogP contribution is -2.19. The number of nitrogens with zero attached hydrogens (tertiary/aromatic N) is 12. The van der Waals surface area contributed by atoms with Crippen molar-refractivity contribution in [3.05, 3.63) is 192 Å². The summed E-state index contributed by atoms with van der Waals surface area (Å²) in [6.45, 7) is 33.2. The third-order valence-electron chi connectivity index (χ3n) is 19.4. The molecular formula is C91H108N12O12. The van der Waals surface area contributed by atoms with Gasteiger partial charge in [-0.2, -0.15) is 19.9 Å². The van der Waals surface area contributed by atoms with E-state index in [4.69, 9.17) is 56.0 Å². The van der Waals surface area contributed by atoms with Gasteiger partial charge in [0.2, 0.25) is 23.3 Å². The first kappa shape index (κ1) is 83.0. The van der Waals surface area contributed by atoms with Gasteiger partial charge in [-0.15, -0.1) is 0 Å². The van der Waals surface area contributed by atoms with Crippen LogP contribution in [0.2, 0.25) is 0 Å². The Bertz CT molecular complexity index is 5000. The van der Waals surface area contributed by atoms with Crippen LogP contribution in [0.15, 0.2) is 182 Å². The second kappa shape index (κ2) is 42.1. The molecule has 3 saturated heterocycles. The van der Waals surface area contributed by atoms with Crippen LogP contribution in [0, 0.1) is 6.92 Å². The fourth-order valence-corrected chi connectivity index (χ4v) is 14.0. The number of benzene rings is 8. The molecule has 3 aliphatic rings. The van der Waals surface area contributed by atoms with Gasteiger partial charge in [0.25, 0.3) is 23.6 Å². The van der Waals surface area contributed by atoms with E-state index in [1.807, 2.05) is 160 Å². The van der Waals surface area contributed by atoms with Crippen molar-refractivity contribution in [2.75, 3.05) is 106 Å². The Hall–Kier alpha value is -11.4. The molecule has 7 heterocycles. The molecule has 0 atom stereocenters. The highest BCUT2D eigenvalue weighted by Crippen LogP contribution is 2.39. The Kier molecular flexibility index (Phi) is 30.4. The molecule has 0 N–H and O–H groups in total. The fraction of sp³-hybridized carbons (Fsp3) is 0.385. The summed E-state index contributed by atoms with van der Waals surface area (Å²) in [5, 5.41) is 16.8. The minimum atomic E-state index is 0.451. The van der Waals surface area contributed by atoms with E-state index < -0.39 is 0 Å². The Labute approximate surface area is 675 Å². The van der Waals surface area contributed by atoms with Gasteiger partial charge >= 0.3 is 0 Å². The average molecular weight is 1560 g/mol. The van der Waals surface area contributed by atoms with E-state index >= 15 is 0 Å². The van der Waals surface area contributed by atoms with Crippen molar-refractivity contribution in [3.8, 4) is 137 Å². The smallest absolute Gasteiger partial charge is 0.258 e. The maximum Gasteiger partial charge on any atom is 0.258 e. The normalized spacial score (nSPS) is 13.5. The number of aromatic nitrogens is 8. The maximum atomic E-state index is 5.72. The fourth-order valence-electron chi connectivity index (χ4n) is 14.0. The molecule has 0 amide bonds. The Balaban J connectivity index is 0.000000142. The van der Waals surface area contributed by atoms with E-state index in [1.165, 1.54) is 106 Å². The van der Waals surface area contributed by atoms with E-state index in [0.29, 0.717) is 146 Å². The van der Waals surface area contributed by atoms with E-state index in [9.17, 15) is 0 Å². The number of hydrogen-bond acceptors (Lipinski definition) is 24. The van der Waals surface area contributed by atoms with Crippen molar-refractivity contribution in [2.45, 2.75) is 127 Å². The molecule has 0 aliphatic carbocycles. The Morgan fingerprint density at radius 3 is 1.00 bits per heavy atom. The topological polar surface area (TPSA) is 242 Å². The number of hydrogen-bond donors (Lipinski definition) is 0. The summed E-state index contributed by atoms with van der Waals surface area (Å²) in [6, 6.07) is 53.9. The van der Waals surface area contributed by atoms with E-state index in [1.54, 1.807) is 0 Å². The predicted molar refractivity (Wildman–Crippen MR) is 446 cm³/mol. The van der Waals surface area contributed by atoms with Gasteiger partial charge < -0.3 is 60.9 Å². The van der Waals surface area contributed by atoms with Gasteiger partial charge in [0.15, 0.2) is 46.0 Å². The minimum Gasteiger partial charge on any atom is -0.490 e. The van der Waals surface area contributed by atoms with Crippen molar-refractivity contribution >= 4 is 0 Å². The largest absolute Gasteiger partial charge is 0.490 e. The molecule has 604 valence electrons. The zero-order valence-electron chi connectivity index (χ0n) is 68.3. The van der Waals surface area contributed by atoms with Crippen LogP contribution in [-0.2, 0) is 26.2 Å². The maximum absolute atomic E-state index is 5.72. The summed E-state index contributed by atoms with van der Waals surface area (Å²) in [5.41, 5.74) is 13.4. The summed E-state index contributed by atoms with van der Waals surface area (Å²) in [6.07, 6.45) is 7.78. The highest BCUT2D eigenvalue weighted by molar-refractivity contribution is 5.69. The third kappa shape index (κ3) is 22.7. The van der Waals surface area contributed by atoms with Gasteiger partial charge in [-0.1, -0.05) is 99.5 Å². The summed E-state index contributed by atoms with van der Waals surface area (Å²) in [4.78, 5) is 28.0. The first-order chi connectivity index (χ1) is 56.3. The molecule has 24 nitrogen and oxygen atoms in total. The lowest BCUT2D eigenvalue weighted by atomic mass is 10.0. The molecule has 0 unspecified atom stereocenters. The summed E-state index contributed by atoms with van der Waals surface area (Å²) >= 11 is 0. The third-order valence-corrected chi connectivity index (χ3v) is 19.4. The highest BCUT2D eigenvalue weighted by atomic mass is 16.5. The Morgan fingerprint density at radius 1 is 0.304 bits per heavy atom. The van der Waals surface area contributed by atoms with Crippen molar-refractivity contribution in [1.29, 1.82) is 0 Å². The molecule has 24 heteroatoms. The van der Waals surface area contributed by atoms with Crippen molar-refractivity contribution < 1.29 is 56.0 Å². The quantitative estimate of drug-likeness (QED) is 0.0380. The molecule has 0 spiro atoms. The number of ether oxygens (including phenoxy) is 8. The molecule has 8 aromatic carbocycles. The molecule has 0 saturated carbocycles. The molecule has 12 aromatic rings. The van der Waals surface area contributed by atoms with Gasteiger partial charge in [-0.3, -0.25) is 14.7 Å². The van der Waals surface area contributed by atoms with E-state index in [0.717, 1.165) is 70.7 Å². The standard InChI is InChI=1S/C24H29N3O3.2C23H27N3O3.C21H25N3O3/c1-4-28-21-12-11-18(15-22(21)29-5-2)24-25-23(26-30-24)20-10-8-9-19(17(20)3)16-27-13-6-7-14-27;1-3-27-20-12-11-19(15-21(20)28-4-2)23-24-22(25-29-23)18-9-7-17(8-10-18)16-26-13-5-6-14-26;1-3-27-20-11-10-19(15-21(20)28-4-2)23-24-22(25-29-23)18-9-7-8-17(14-18)16-26-12-5-6-13-26;1-5-25-18-11-10-17(13-19(18)26-6-2)21-22-20(23-27-21)16-9-7-8-15(12-16)14-24(3)4/h8-12,15H,4-7,13-14,16H2,1-3H3;7-12,15H,3-6,13-14,16H2,1-2H3;7-11,14-15H,3-6,12-13,16H2,1-2H3;7-13H,5-6,14H2,1-4H3. The van der Waals surface area contributed by atoms with Crippen molar-refractivity contribution in [1.82, 2.24) is 60.2 Å². The van der Waals surface area contributed by atoms with Crippen LogP contribution >= 0.6 is 0 Å². The SMILES string of the molecule is CCOc1ccc(-c2nc(-c3ccc(CN4CCCC4)cc3)no2)cc1OCC.CCOc1ccc(-c2nc(-c3cccc(CN(C)C)c3)no2)cc1OCC.CCOc1ccc(-c2nc(-c3cccc(CN4CCCC4)c3)no2)cc1OCC.CCOc1ccc(-c2nc(-c3cccc(CN4CCCC4)c3C)no2)cc1OCC. The highest BCUT2D eigenvalue weighted by Gasteiger charge is 2.23. The van der Waals surface area contributed by atoms with Crippen LogP contribution in [0.3, 0.4) is 0 Å². The van der Waals surface area contributed by atoms with Crippen molar-refractivity contribution in [2.24, 2.45) is 0 Å². The van der Waals surface area contributed by atoms with Crippen LogP contribution in [-0.4, -0.2) is 166 Å². The van der Waals surface area contributed by atoms with E-state index in [-0.39, 0.29) is 0 Å². The van der Waals surface area contributed by atoms with Crippen LogP contribution < -0.4 is 37.9 Å². The van der Waals surface area contributed by atoms with Gasteiger partial charge in [0.05, 0.1) is 52.9 Å². The molecule has 0 bridgehead atoms. The first-order valence-electron chi connectivity index (χ1n) is 40.5. The minimum absolute atomic E-state index is 0.451. The summed E-state index contributed by atoms with van der Waals surface area (Å²) in [7, 11) is 4.09. The molecule has 15 rings (SSSR count). The van der Waals surface area contributed by atoms with Crippen LogP contribution in [0.1, 0.15) is 122 Å². The Morgan fingerprint density at radius 2 is 0.617 bits per heavy atom. The van der Waals surface area contributed by atoms with Crippen LogP contribution in [0.25, 0.3) is 91.4 Å². The molecule has 4 aromatic heterocycles. The predicted octanol–water partition coefficient (Wildman–Crippen LogP) is 19.0. The molecule has 0 radical (unpaired) electrons. The number of rotatable bonds is 32. The van der Waals surface area contributed by atoms with Crippen LogP contribution in [0.4, 0.5) is 0 Å². The summed E-state index contributed by atoms with van der Waals surface area (Å²) in [5.74, 6) is 9.77.